The molecule has 6 heteroatoms. The molecule has 2 aliphatic heterocycles. The zero-order chi connectivity index (χ0) is 20.8. The predicted molar refractivity (Wildman–Crippen MR) is 118 cm³/mol. The average molecular weight is 463 g/mol. The molecule has 3 aromatic carbocycles. The lowest BCUT2D eigenvalue weighted by Gasteiger charge is -2.28. The average Bonchev–Trinajstić information content (AvgIpc) is 3.27. The van der Waals surface area contributed by atoms with Gasteiger partial charge in [0.25, 0.3) is 5.91 Å². The monoisotopic (exact) mass is 462 g/mol. The van der Waals surface area contributed by atoms with Gasteiger partial charge in [0.2, 0.25) is 5.91 Å². The van der Waals surface area contributed by atoms with Gasteiger partial charge >= 0.3 is 0 Å². The fraction of sp³-hybridized carbons (Fsp3) is 0.167. The van der Waals surface area contributed by atoms with Crippen LogP contribution in [0.15, 0.2) is 83.3 Å². The van der Waals surface area contributed by atoms with Crippen LogP contribution in [0.1, 0.15) is 17.2 Å². The number of anilines is 2. The first kappa shape index (κ1) is 19.0. The number of rotatable bonds is 3. The lowest BCUT2D eigenvalue weighted by Crippen LogP contribution is -2.37. The zero-order valence-corrected chi connectivity index (χ0v) is 17.8. The van der Waals surface area contributed by atoms with E-state index in [1.165, 1.54) is 4.90 Å². The number of hydroxylamine groups is 1. The summed E-state index contributed by atoms with van der Waals surface area (Å²) in [5, 5.41) is 1.72. The highest BCUT2D eigenvalue weighted by Crippen LogP contribution is 2.47. The van der Waals surface area contributed by atoms with Crippen molar-refractivity contribution in [3.63, 3.8) is 0 Å². The van der Waals surface area contributed by atoms with Crippen molar-refractivity contribution in [2.75, 3.05) is 9.96 Å². The summed E-state index contributed by atoms with van der Waals surface area (Å²) >= 11 is 3.39. The second-order valence-corrected chi connectivity index (χ2v) is 8.47. The molecule has 5 nitrogen and oxygen atoms in total. The smallest absolute Gasteiger partial charge is 0.266 e. The minimum Gasteiger partial charge on any atom is -0.273 e. The molecule has 0 N–H and O–H groups in total. The summed E-state index contributed by atoms with van der Waals surface area (Å²) in [4.78, 5) is 34.1. The number of carbonyl (C=O) groups excluding carboxylic acids is 2. The van der Waals surface area contributed by atoms with Gasteiger partial charge in [-0.3, -0.25) is 14.4 Å². The highest BCUT2D eigenvalue weighted by atomic mass is 79.9. The van der Waals surface area contributed by atoms with Crippen LogP contribution in [-0.2, 0) is 14.4 Å². The van der Waals surface area contributed by atoms with Crippen LogP contribution in [0.3, 0.4) is 0 Å². The van der Waals surface area contributed by atoms with Crippen molar-refractivity contribution in [2.24, 2.45) is 5.92 Å². The lowest BCUT2D eigenvalue weighted by atomic mass is 9.90. The van der Waals surface area contributed by atoms with E-state index in [0.29, 0.717) is 5.69 Å². The number of halogens is 1. The maximum atomic E-state index is 13.5. The van der Waals surface area contributed by atoms with Crippen LogP contribution < -0.4 is 9.96 Å². The fourth-order valence-electron chi connectivity index (χ4n) is 4.16. The van der Waals surface area contributed by atoms with Crippen molar-refractivity contribution < 1.29 is 14.4 Å². The standard InChI is InChI=1S/C24H19BrN2O3/c1-15-7-9-16(10-8-15)21-20-22(30-27(21)19-5-3-2-4-6-19)24(29)26(23(20)28)18-13-11-17(25)12-14-18/h2-14,20-22H,1H3/t20-,21+,22-/m0/s1. The Morgan fingerprint density at radius 3 is 2.13 bits per heavy atom. The second kappa shape index (κ2) is 7.38. The van der Waals surface area contributed by atoms with Gasteiger partial charge in [0, 0.05) is 4.47 Å². The molecule has 0 saturated carbocycles. The van der Waals surface area contributed by atoms with Gasteiger partial charge in [0.05, 0.1) is 17.4 Å². The number of amides is 2. The molecular weight excluding hydrogens is 444 g/mol. The summed E-state index contributed by atoms with van der Waals surface area (Å²) in [6.07, 6.45) is -0.854. The molecule has 0 bridgehead atoms. The van der Waals surface area contributed by atoms with Gasteiger partial charge in [-0.2, -0.15) is 0 Å². The molecule has 2 amide bonds. The van der Waals surface area contributed by atoms with Crippen LogP contribution in [0.4, 0.5) is 11.4 Å². The first-order valence-corrected chi connectivity index (χ1v) is 10.5. The van der Waals surface area contributed by atoms with E-state index >= 15 is 0 Å². The second-order valence-electron chi connectivity index (χ2n) is 7.56. The topological polar surface area (TPSA) is 49.9 Å². The molecule has 2 aliphatic rings. The normalized spacial score (nSPS) is 23.2. The Bertz CT molecular complexity index is 1100. The minimum absolute atomic E-state index is 0.240. The fourth-order valence-corrected chi connectivity index (χ4v) is 4.42. The molecule has 0 unspecified atom stereocenters. The number of carbonyl (C=O) groups is 2. The summed E-state index contributed by atoms with van der Waals surface area (Å²) < 4.78 is 0.884. The van der Waals surface area contributed by atoms with E-state index in [9.17, 15) is 9.59 Å². The molecule has 150 valence electrons. The maximum Gasteiger partial charge on any atom is 0.266 e. The predicted octanol–water partition coefficient (Wildman–Crippen LogP) is 4.81. The molecule has 3 aromatic rings. The van der Waals surface area contributed by atoms with Crippen LogP contribution >= 0.6 is 15.9 Å². The number of nitrogens with zero attached hydrogens (tertiary/aromatic N) is 2. The van der Waals surface area contributed by atoms with Gasteiger partial charge in [-0.15, -0.1) is 0 Å². The molecule has 2 fully saturated rings. The molecular formula is C24H19BrN2O3. The molecule has 0 aliphatic carbocycles. The number of hydrogen-bond acceptors (Lipinski definition) is 4. The summed E-state index contributed by atoms with van der Waals surface area (Å²) in [5.41, 5.74) is 3.44. The quantitative estimate of drug-likeness (QED) is 0.524. The first-order chi connectivity index (χ1) is 14.5. The van der Waals surface area contributed by atoms with Crippen LogP contribution in [0.5, 0.6) is 0 Å². The number of para-hydroxylation sites is 1. The van der Waals surface area contributed by atoms with E-state index in [0.717, 1.165) is 21.3 Å². The van der Waals surface area contributed by atoms with Crippen LogP contribution in [0, 0.1) is 12.8 Å². The maximum absolute atomic E-state index is 13.5. The van der Waals surface area contributed by atoms with Crippen molar-refractivity contribution in [2.45, 2.75) is 19.1 Å². The number of aryl methyl sites for hydroxylation is 1. The molecule has 2 saturated heterocycles. The van der Waals surface area contributed by atoms with Crippen molar-refractivity contribution in [1.29, 1.82) is 0 Å². The molecule has 0 aromatic heterocycles. The Kier molecular flexibility index (Phi) is 4.68. The van der Waals surface area contributed by atoms with E-state index in [4.69, 9.17) is 4.84 Å². The van der Waals surface area contributed by atoms with E-state index in [-0.39, 0.29) is 11.8 Å². The Labute approximate surface area is 183 Å². The van der Waals surface area contributed by atoms with Crippen LogP contribution in [-0.4, -0.2) is 17.9 Å². The third-order valence-electron chi connectivity index (χ3n) is 5.63. The summed E-state index contributed by atoms with van der Waals surface area (Å²) in [6.45, 7) is 2.02. The summed E-state index contributed by atoms with van der Waals surface area (Å²) in [5.74, 6) is -1.19. The van der Waals surface area contributed by atoms with Gasteiger partial charge in [0.1, 0.15) is 5.92 Å². The minimum atomic E-state index is -0.854. The molecule has 30 heavy (non-hydrogen) atoms. The van der Waals surface area contributed by atoms with Crippen LogP contribution in [0.25, 0.3) is 0 Å². The van der Waals surface area contributed by atoms with Gasteiger partial charge in [-0.05, 0) is 48.9 Å². The third kappa shape index (κ3) is 3.04. The number of imide groups is 1. The molecule has 5 rings (SSSR count). The first-order valence-electron chi connectivity index (χ1n) is 9.75. The number of hydrogen-bond donors (Lipinski definition) is 0. The zero-order valence-electron chi connectivity index (χ0n) is 16.2. The summed E-state index contributed by atoms with van der Waals surface area (Å²) in [6, 6.07) is 24.4. The molecule has 0 spiro atoms. The Balaban J connectivity index is 1.58. The van der Waals surface area contributed by atoms with E-state index < -0.39 is 18.1 Å². The van der Waals surface area contributed by atoms with Gasteiger partial charge in [0.15, 0.2) is 6.10 Å². The van der Waals surface area contributed by atoms with E-state index in [2.05, 4.69) is 15.9 Å². The van der Waals surface area contributed by atoms with Gasteiger partial charge < -0.3 is 0 Å². The largest absolute Gasteiger partial charge is 0.273 e. The molecule has 3 atom stereocenters. The SMILES string of the molecule is Cc1ccc([C@@H]2[C@@H]3C(=O)N(c4ccc(Br)cc4)C(=O)[C@H]3ON2c2ccccc2)cc1. The highest BCUT2D eigenvalue weighted by Gasteiger charge is 2.60. The molecule has 2 heterocycles. The van der Waals surface area contributed by atoms with Crippen molar-refractivity contribution in [3.8, 4) is 0 Å². The van der Waals surface area contributed by atoms with Gasteiger partial charge in [-0.1, -0.05) is 64.0 Å². The van der Waals surface area contributed by atoms with E-state index in [1.807, 2.05) is 73.7 Å². The Morgan fingerprint density at radius 2 is 1.47 bits per heavy atom. The lowest BCUT2D eigenvalue weighted by molar-refractivity contribution is -0.126. The van der Waals surface area contributed by atoms with Crippen LogP contribution in [0.2, 0.25) is 0 Å². The number of fused-ring (bicyclic) bond motifs is 1. The van der Waals surface area contributed by atoms with Gasteiger partial charge in [-0.25, -0.2) is 9.96 Å². The summed E-state index contributed by atoms with van der Waals surface area (Å²) in [7, 11) is 0. The van der Waals surface area contributed by atoms with E-state index in [1.54, 1.807) is 17.2 Å². The highest BCUT2D eigenvalue weighted by molar-refractivity contribution is 9.10. The third-order valence-corrected chi connectivity index (χ3v) is 6.16. The van der Waals surface area contributed by atoms with Crippen molar-refractivity contribution in [3.05, 3.63) is 94.5 Å². The molecule has 0 radical (unpaired) electrons. The van der Waals surface area contributed by atoms with Crippen molar-refractivity contribution in [1.82, 2.24) is 0 Å². The Hall–Kier alpha value is -2.96. The number of benzene rings is 3. The van der Waals surface area contributed by atoms with Crippen molar-refractivity contribution >= 4 is 39.1 Å². The Morgan fingerprint density at radius 1 is 0.800 bits per heavy atom.